The van der Waals surface area contributed by atoms with Gasteiger partial charge in [0.15, 0.2) is 17.4 Å². The molecule has 0 spiro atoms. The predicted molar refractivity (Wildman–Crippen MR) is 77.7 cm³/mol. The molecule has 0 aliphatic heterocycles. The van der Waals surface area contributed by atoms with Gasteiger partial charge in [0, 0.05) is 11.1 Å². The summed E-state index contributed by atoms with van der Waals surface area (Å²) >= 11 is 5.97. The highest BCUT2D eigenvalue weighted by Gasteiger charge is 2.13. The molecule has 0 radical (unpaired) electrons. The van der Waals surface area contributed by atoms with E-state index < -0.39 is 5.82 Å². The summed E-state index contributed by atoms with van der Waals surface area (Å²) in [5.74, 6) is 0.491. The number of ether oxygens (including phenoxy) is 1. The molecule has 2 aromatic carbocycles. The van der Waals surface area contributed by atoms with Crippen molar-refractivity contribution in [3.63, 3.8) is 0 Å². The van der Waals surface area contributed by atoms with Crippen LogP contribution in [0.2, 0.25) is 5.02 Å². The molecule has 0 amide bonds. The zero-order valence-electron chi connectivity index (χ0n) is 10.7. The van der Waals surface area contributed by atoms with Gasteiger partial charge in [0.2, 0.25) is 5.95 Å². The molecule has 0 fully saturated rings. The van der Waals surface area contributed by atoms with Crippen molar-refractivity contribution in [3.05, 3.63) is 53.3 Å². The summed E-state index contributed by atoms with van der Waals surface area (Å²) in [6.07, 6.45) is 0. The first-order chi connectivity index (χ1) is 10.1. The maximum atomic E-state index is 13.7. The van der Waals surface area contributed by atoms with Crippen molar-refractivity contribution in [2.45, 2.75) is 0 Å². The van der Waals surface area contributed by atoms with Crippen LogP contribution in [-0.2, 0) is 0 Å². The average molecular weight is 305 g/mol. The van der Waals surface area contributed by atoms with Gasteiger partial charge in [-0.05, 0) is 24.3 Å². The van der Waals surface area contributed by atoms with E-state index in [1.807, 2.05) is 0 Å². The van der Waals surface area contributed by atoms with Crippen LogP contribution < -0.4 is 10.5 Å². The number of H-pyrrole nitrogens is 1. The fourth-order valence-corrected chi connectivity index (χ4v) is 1.98. The van der Waals surface area contributed by atoms with Crippen LogP contribution in [-0.4, -0.2) is 15.2 Å². The number of rotatable bonds is 3. The molecule has 0 unspecified atom stereocenters. The van der Waals surface area contributed by atoms with Gasteiger partial charge in [-0.2, -0.15) is 4.98 Å². The molecule has 5 nitrogen and oxygen atoms in total. The Kier molecular flexibility index (Phi) is 3.45. The highest BCUT2D eigenvalue weighted by Crippen LogP contribution is 2.34. The Bertz CT molecular complexity index is 790. The van der Waals surface area contributed by atoms with E-state index in [-0.39, 0.29) is 11.7 Å². The highest BCUT2D eigenvalue weighted by molar-refractivity contribution is 6.30. The van der Waals surface area contributed by atoms with E-state index >= 15 is 0 Å². The number of nitrogen functional groups attached to an aromatic ring is 1. The van der Waals surface area contributed by atoms with Gasteiger partial charge in [-0.3, -0.25) is 5.10 Å². The first kappa shape index (κ1) is 13.4. The first-order valence-corrected chi connectivity index (χ1v) is 6.41. The van der Waals surface area contributed by atoms with Crippen LogP contribution in [0, 0.1) is 5.82 Å². The molecule has 0 aliphatic carbocycles. The SMILES string of the molecule is Nc1n[nH]c(-c2ccc(Cl)cc2Oc2ccccc2F)n1. The van der Waals surface area contributed by atoms with E-state index in [4.69, 9.17) is 22.1 Å². The smallest absolute Gasteiger partial charge is 0.239 e. The summed E-state index contributed by atoms with van der Waals surface area (Å²) in [5, 5.41) is 6.90. The van der Waals surface area contributed by atoms with E-state index in [2.05, 4.69) is 15.2 Å². The lowest BCUT2D eigenvalue weighted by Gasteiger charge is -2.10. The fourth-order valence-electron chi connectivity index (χ4n) is 1.82. The third-order valence-electron chi connectivity index (χ3n) is 2.76. The summed E-state index contributed by atoms with van der Waals surface area (Å²) in [4.78, 5) is 4.03. The quantitative estimate of drug-likeness (QED) is 0.774. The lowest BCUT2D eigenvalue weighted by atomic mass is 10.2. The van der Waals surface area contributed by atoms with Crippen LogP contribution in [0.3, 0.4) is 0 Å². The Morgan fingerprint density at radius 2 is 1.95 bits per heavy atom. The second-order valence-electron chi connectivity index (χ2n) is 4.22. The predicted octanol–water partition coefficient (Wildman–Crippen LogP) is 3.64. The Morgan fingerprint density at radius 3 is 2.67 bits per heavy atom. The molecule has 21 heavy (non-hydrogen) atoms. The number of aromatic nitrogens is 3. The monoisotopic (exact) mass is 304 g/mol. The van der Waals surface area contributed by atoms with Gasteiger partial charge in [-0.15, -0.1) is 5.10 Å². The Hall–Kier alpha value is -2.60. The fraction of sp³-hybridized carbons (Fsp3) is 0. The number of nitrogens with one attached hydrogen (secondary N) is 1. The third-order valence-corrected chi connectivity index (χ3v) is 2.99. The zero-order chi connectivity index (χ0) is 14.8. The Balaban J connectivity index is 2.05. The van der Waals surface area contributed by atoms with Crippen molar-refractivity contribution in [2.24, 2.45) is 0 Å². The largest absolute Gasteiger partial charge is 0.453 e. The minimum atomic E-state index is -0.472. The summed E-state index contributed by atoms with van der Waals surface area (Å²) < 4.78 is 19.3. The maximum absolute atomic E-state index is 13.7. The topological polar surface area (TPSA) is 76.8 Å². The van der Waals surface area contributed by atoms with Crippen LogP contribution in [0.4, 0.5) is 10.3 Å². The van der Waals surface area contributed by atoms with E-state index in [0.29, 0.717) is 22.2 Å². The third kappa shape index (κ3) is 2.80. The molecule has 0 saturated carbocycles. The molecule has 0 saturated heterocycles. The summed E-state index contributed by atoms with van der Waals surface area (Å²) in [6, 6.07) is 11.0. The number of benzene rings is 2. The Labute approximate surface area is 124 Å². The number of halogens is 2. The first-order valence-electron chi connectivity index (χ1n) is 6.03. The normalized spacial score (nSPS) is 10.6. The van der Waals surface area contributed by atoms with E-state index in [1.165, 1.54) is 12.1 Å². The van der Waals surface area contributed by atoms with Gasteiger partial charge in [0.1, 0.15) is 5.75 Å². The minimum absolute atomic E-state index is 0.0912. The molecule has 1 heterocycles. The molecule has 3 rings (SSSR count). The zero-order valence-corrected chi connectivity index (χ0v) is 11.4. The lowest BCUT2D eigenvalue weighted by Crippen LogP contribution is -1.92. The van der Waals surface area contributed by atoms with E-state index in [1.54, 1.807) is 30.3 Å². The molecule has 0 bridgehead atoms. The van der Waals surface area contributed by atoms with Crippen molar-refractivity contribution in [3.8, 4) is 22.9 Å². The van der Waals surface area contributed by atoms with Crippen LogP contribution in [0.1, 0.15) is 0 Å². The van der Waals surface area contributed by atoms with E-state index in [0.717, 1.165) is 0 Å². The molecule has 1 aromatic heterocycles. The van der Waals surface area contributed by atoms with Gasteiger partial charge >= 0.3 is 0 Å². The van der Waals surface area contributed by atoms with Gasteiger partial charge < -0.3 is 10.5 Å². The van der Waals surface area contributed by atoms with Crippen molar-refractivity contribution < 1.29 is 9.13 Å². The molecule has 0 aliphatic rings. The Morgan fingerprint density at radius 1 is 1.14 bits per heavy atom. The number of aromatic amines is 1. The highest BCUT2D eigenvalue weighted by atomic mass is 35.5. The molecule has 3 N–H and O–H groups in total. The summed E-state index contributed by atoms with van der Waals surface area (Å²) in [5.41, 5.74) is 6.07. The van der Waals surface area contributed by atoms with Gasteiger partial charge in [-0.25, -0.2) is 4.39 Å². The number of nitrogens with zero attached hydrogens (tertiary/aromatic N) is 2. The van der Waals surface area contributed by atoms with Crippen LogP contribution >= 0.6 is 11.6 Å². The minimum Gasteiger partial charge on any atom is -0.453 e. The number of anilines is 1. The maximum Gasteiger partial charge on any atom is 0.239 e. The standard InChI is InChI=1S/C14H10ClFN4O/c15-8-5-6-9(13-18-14(17)20-19-13)12(7-8)21-11-4-2-1-3-10(11)16/h1-7H,(H3,17,18,19,20). The van der Waals surface area contributed by atoms with Gasteiger partial charge in [0.05, 0.1) is 5.56 Å². The molecular formula is C14H10ClFN4O. The second-order valence-corrected chi connectivity index (χ2v) is 4.65. The summed E-state index contributed by atoms with van der Waals surface area (Å²) in [7, 11) is 0. The van der Waals surface area contributed by atoms with Gasteiger partial charge in [-0.1, -0.05) is 23.7 Å². The second kappa shape index (κ2) is 5.41. The van der Waals surface area contributed by atoms with Crippen LogP contribution in [0.15, 0.2) is 42.5 Å². The molecule has 7 heteroatoms. The number of nitrogens with two attached hydrogens (primary N) is 1. The number of hydrogen-bond donors (Lipinski definition) is 2. The number of para-hydroxylation sites is 1. The molecule has 0 atom stereocenters. The molecule has 106 valence electrons. The lowest BCUT2D eigenvalue weighted by molar-refractivity contribution is 0.443. The van der Waals surface area contributed by atoms with Crippen molar-refractivity contribution in [2.75, 3.05) is 5.73 Å². The average Bonchev–Trinajstić information content (AvgIpc) is 2.88. The molecule has 3 aromatic rings. The van der Waals surface area contributed by atoms with Crippen molar-refractivity contribution >= 4 is 17.5 Å². The van der Waals surface area contributed by atoms with Crippen molar-refractivity contribution in [1.82, 2.24) is 15.2 Å². The summed E-state index contributed by atoms with van der Waals surface area (Å²) in [6.45, 7) is 0. The number of hydrogen-bond acceptors (Lipinski definition) is 4. The van der Waals surface area contributed by atoms with Crippen LogP contribution in [0.5, 0.6) is 11.5 Å². The van der Waals surface area contributed by atoms with E-state index in [9.17, 15) is 4.39 Å². The molecular weight excluding hydrogens is 295 g/mol. The van der Waals surface area contributed by atoms with Crippen LogP contribution in [0.25, 0.3) is 11.4 Å². The van der Waals surface area contributed by atoms with Gasteiger partial charge in [0.25, 0.3) is 0 Å². The van der Waals surface area contributed by atoms with Crippen molar-refractivity contribution in [1.29, 1.82) is 0 Å².